The van der Waals surface area contributed by atoms with Gasteiger partial charge in [0.25, 0.3) is 0 Å². The van der Waals surface area contributed by atoms with Gasteiger partial charge >= 0.3 is 0 Å². The van der Waals surface area contributed by atoms with E-state index in [4.69, 9.17) is 21.7 Å². The van der Waals surface area contributed by atoms with E-state index in [1.807, 2.05) is 12.1 Å². The third kappa shape index (κ3) is 4.33. The van der Waals surface area contributed by atoms with E-state index in [9.17, 15) is 4.39 Å². The van der Waals surface area contributed by atoms with Gasteiger partial charge in [-0.25, -0.2) is 4.39 Å². The highest BCUT2D eigenvalue weighted by molar-refractivity contribution is 7.80. The van der Waals surface area contributed by atoms with Gasteiger partial charge in [0.1, 0.15) is 5.82 Å². The van der Waals surface area contributed by atoms with Gasteiger partial charge in [-0.15, -0.1) is 0 Å². The van der Waals surface area contributed by atoms with E-state index in [1.54, 1.807) is 32.4 Å². The highest BCUT2D eigenvalue weighted by Gasteiger charge is 2.05. The molecule has 0 aromatic heterocycles. The molecule has 0 radical (unpaired) electrons. The van der Waals surface area contributed by atoms with Crippen molar-refractivity contribution in [3.05, 3.63) is 53.8 Å². The molecule has 0 aliphatic rings. The van der Waals surface area contributed by atoms with Gasteiger partial charge in [-0.1, -0.05) is 12.1 Å². The first-order chi connectivity index (χ1) is 10.6. The van der Waals surface area contributed by atoms with Gasteiger partial charge in [-0.05, 0) is 42.0 Å². The van der Waals surface area contributed by atoms with Crippen LogP contribution in [0.15, 0.2) is 42.5 Å². The molecule has 0 heterocycles. The van der Waals surface area contributed by atoms with E-state index in [1.165, 1.54) is 12.1 Å². The lowest BCUT2D eigenvalue weighted by Crippen LogP contribution is -2.27. The number of halogens is 1. The van der Waals surface area contributed by atoms with Crippen LogP contribution in [0.1, 0.15) is 5.56 Å². The van der Waals surface area contributed by atoms with Gasteiger partial charge in [-0.2, -0.15) is 0 Å². The van der Waals surface area contributed by atoms with Crippen molar-refractivity contribution in [1.82, 2.24) is 5.32 Å². The Morgan fingerprint density at radius 2 is 1.86 bits per heavy atom. The highest BCUT2D eigenvalue weighted by Crippen LogP contribution is 2.29. The lowest BCUT2D eigenvalue weighted by Gasteiger charge is -2.13. The molecule has 22 heavy (non-hydrogen) atoms. The van der Waals surface area contributed by atoms with Crippen LogP contribution in [0.4, 0.5) is 10.1 Å². The second kappa shape index (κ2) is 7.61. The van der Waals surface area contributed by atoms with Crippen molar-refractivity contribution >= 4 is 23.0 Å². The molecule has 0 atom stereocenters. The second-order valence-corrected chi connectivity index (χ2v) is 4.92. The van der Waals surface area contributed by atoms with E-state index in [0.717, 1.165) is 11.3 Å². The Morgan fingerprint density at radius 1 is 1.09 bits per heavy atom. The van der Waals surface area contributed by atoms with Crippen LogP contribution in [0.3, 0.4) is 0 Å². The molecule has 0 aliphatic heterocycles. The predicted octanol–water partition coefficient (Wildman–Crippen LogP) is 3.33. The number of methoxy groups -OCH3 is 2. The fourth-order valence-corrected chi connectivity index (χ4v) is 2.11. The van der Waals surface area contributed by atoms with Gasteiger partial charge in [0.05, 0.1) is 14.2 Å². The molecule has 2 aromatic rings. The molecule has 0 spiro atoms. The number of hydrogen-bond donors (Lipinski definition) is 2. The SMILES string of the molecule is COc1ccc(NC(=S)NCc2cccc(F)c2)cc1OC. The van der Waals surface area contributed by atoms with E-state index < -0.39 is 0 Å². The molecule has 0 saturated carbocycles. The zero-order valence-electron chi connectivity index (χ0n) is 12.4. The molecule has 0 unspecified atom stereocenters. The third-order valence-corrected chi connectivity index (χ3v) is 3.23. The lowest BCUT2D eigenvalue weighted by molar-refractivity contribution is 0.355. The van der Waals surface area contributed by atoms with Crippen LogP contribution in [0, 0.1) is 5.82 Å². The van der Waals surface area contributed by atoms with Crippen LogP contribution in [0.5, 0.6) is 11.5 Å². The molecule has 2 aromatic carbocycles. The minimum Gasteiger partial charge on any atom is -0.493 e. The second-order valence-electron chi connectivity index (χ2n) is 4.51. The van der Waals surface area contributed by atoms with Crippen LogP contribution in [-0.4, -0.2) is 19.3 Å². The fourth-order valence-electron chi connectivity index (χ4n) is 1.92. The minimum absolute atomic E-state index is 0.266. The Bertz CT molecular complexity index is 664. The molecule has 0 aliphatic carbocycles. The Kier molecular flexibility index (Phi) is 5.55. The van der Waals surface area contributed by atoms with E-state index >= 15 is 0 Å². The van der Waals surface area contributed by atoms with Crippen molar-refractivity contribution in [2.45, 2.75) is 6.54 Å². The predicted molar refractivity (Wildman–Crippen MR) is 89.0 cm³/mol. The van der Waals surface area contributed by atoms with Crippen LogP contribution in [0.2, 0.25) is 0 Å². The minimum atomic E-state index is -0.266. The van der Waals surface area contributed by atoms with Gasteiger partial charge in [0.2, 0.25) is 0 Å². The van der Waals surface area contributed by atoms with E-state index in [0.29, 0.717) is 23.2 Å². The molecule has 0 amide bonds. The molecular weight excluding hydrogens is 303 g/mol. The Hall–Kier alpha value is -2.34. The summed E-state index contributed by atoms with van der Waals surface area (Å²) < 4.78 is 23.5. The van der Waals surface area contributed by atoms with Crippen molar-refractivity contribution in [1.29, 1.82) is 0 Å². The van der Waals surface area contributed by atoms with Crippen LogP contribution < -0.4 is 20.1 Å². The number of benzene rings is 2. The van der Waals surface area contributed by atoms with E-state index in [2.05, 4.69) is 10.6 Å². The lowest BCUT2D eigenvalue weighted by atomic mass is 10.2. The topological polar surface area (TPSA) is 42.5 Å². The summed E-state index contributed by atoms with van der Waals surface area (Å²) in [6.07, 6.45) is 0. The molecular formula is C16H17FN2O2S. The number of nitrogens with one attached hydrogen (secondary N) is 2. The first-order valence-corrected chi connectivity index (χ1v) is 7.04. The van der Waals surface area contributed by atoms with Crippen LogP contribution >= 0.6 is 12.2 Å². The molecule has 116 valence electrons. The Morgan fingerprint density at radius 3 is 2.55 bits per heavy atom. The van der Waals surface area contributed by atoms with Crippen molar-refractivity contribution in [2.24, 2.45) is 0 Å². The number of ether oxygens (including phenoxy) is 2. The molecule has 0 saturated heterocycles. The monoisotopic (exact) mass is 320 g/mol. The average Bonchev–Trinajstić information content (AvgIpc) is 2.53. The third-order valence-electron chi connectivity index (χ3n) is 2.98. The van der Waals surface area contributed by atoms with Crippen LogP contribution in [0.25, 0.3) is 0 Å². The quantitative estimate of drug-likeness (QED) is 0.827. The maximum atomic E-state index is 13.1. The van der Waals surface area contributed by atoms with Crippen LogP contribution in [-0.2, 0) is 6.54 Å². The number of rotatable bonds is 5. The van der Waals surface area contributed by atoms with Gasteiger partial charge in [0.15, 0.2) is 16.6 Å². The summed E-state index contributed by atoms with van der Waals surface area (Å²) >= 11 is 5.22. The smallest absolute Gasteiger partial charge is 0.171 e. The fraction of sp³-hybridized carbons (Fsp3) is 0.188. The van der Waals surface area contributed by atoms with Crippen molar-refractivity contribution < 1.29 is 13.9 Å². The number of anilines is 1. The van der Waals surface area contributed by atoms with Crippen molar-refractivity contribution in [2.75, 3.05) is 19.5 Å². The zero-order chi connectivity index (χ0) is 15.9. The highest BCUT2D eigenvalue weighted by atomic mass is 32.1. The largest absolute Gasteiger partial charge is 0.493 e. The van der Waals surface area contributed by atoms with Gasteiger partial charge < -0.3 is 20.1 Å². The summed E-state index contributed by atoms with van der Waals surface area (Å²) in [4.78, 5) is 0. The molecule has 0 bridgehead atoms. The number of thiocarbonyl (C=S) groups is 1. The maximum absolute atomic E-state index is 13.1. The summed E-state index contributed by atoms with van der Waals surface area (Å²) in [5.74, 6) is 0.991. The first kappa shape index (κ1) is 16.0. The Labute approximate surface area is 134 Å². The summed E-state index contributed by atoms with van der Waals surface area (Å²) in [5.41, 5.74) is 1.59. The normalized spacial score (nSPS) is 9.95. The van der Waals surface area contributed by atoms with Crippen molar-refractivity contribution in [3.8, 4) is 11.5 Å². The van der Waals surface area contributed by atoms with Gasteiger partial charge in [0, 0.05) is 18.3 Å². The Balaban J connectivity index is 1.94. The molecule has 0 fully saturated rings. The average molecular weight is 320 g/mol. The maximum Gasteiger partial charge on any atom is 0.171 e. The van der Waals surface area contributed by atoms with Crippen molar-refractivity contribution in [3.63, 3.8) is 0 Å². The van der Waals surface area contributed by atoms with Gasteiger partial charge in [-0.3, -0.25) is 0 Å². The molecule has 2 N–H and O–H groups in total. The summed E-state index contributed by atoms with van der Waals surface area (Å²) in [6, 6.07) is 11.8. The van der Waals surface area contributed by atoms with E-state index in [-0.39, 0.29) is 5.82 Å². The summed E-state index contributed by atoms with van der Waals surface area (Å²) in [7, 11) is 3.15. The number of hydrogen-bond acceptors (Lipinski definition) is 3. The zero-order valence-corrected chi connectivity index (χ0v) is 13.2. The summed E-state index contributed by atoms with van der Waals surface area (Å²) in [5, 5.41) is 6.51. The molecule has 4 nitrogen and oxygen atoms in total. The standard InChI is InChI=1S/C16H17FN2O2S/c1-20-14-7-6-13(9-15(14)21-2)19-16(22)18-10-11-4-3-5-12(17)8-11/h3-9H,10H2,1-2H3,(H2,18,19,22). The molecule has 6 heteroatoms. The summed E-state index contributed by atoms with van der Waals surface area (Å²) in [6.45, 7) is 0.441. The first-order valence-electron chi connectivity index (χ1n) is 6.63. The molecule has 2 rings (SSSR count).